The minimum absolute atomic E-state index is 0.0153. The minimum Gasteiger partial charge on any atom is -0.433 e. The van der Waals surface area contributed by atoms with Crippen molar-refractivity contribution in [1.82, 2.24) is 5.32 Å². The number of hydrogen-bond acceptors (Lipinski definition) is 3. The zero-order valence-electron chi connectivity index (χ0n) is 12.0. The lowest BCUT2D eigenvalue weighted by Crippen LogP contribution is -2.38. The van der Waals surface area contributed by atoms with Crippen LogP contribution in [-0.4, -0.2) is 25.6 Å². The summed E-state index contributed by atoms with van der Waals surface area (Å²) in [6, 6.07) is 6.25. The van der Waals surface area contributed by atoms with Crippen LogP contribution in [0.4, 0.5) is 14.5 Å². The summed E-state index contributed by atoms with van der Waals surface area (Å²) in [4.78, 5) is 12.6. The Morgan fingerprint density at radius 2 is 2.24 bits per heavy atom. The van der Waals surface area contributed by atoms with Gasteiger partial charge in [-0.25, -0.2) is 0 Å². The first kappa shape index (κ1) is 15.7. The van der Waals surface area contributed by atoms with Gasteiger partial charge in [-0.1, -0.05) is 25.5 Å². The van der Waals surface area contributed by atoms with Crippen LogP contribution in [0.2, 0.25) is 0 Å². The fourth-order valence-corrected chi connectivity index (χ4v) is 2.77. The van der Waals surface area contributed by atoms with E-state index in [2.05, 4.69) is 15.4 Å². The van der Waals surface area contributed by atoms with E-state index in [1.165, 1.54) is 6.07 Å². The van der Waals surface area contributed by atoms with Gasteiger partial charge in [0.1, 0.15) is 5.75 Å². The predicted octanol–water partition coefficient (Wildman–Crippen LogP) is 3.01. The van der Waals surface area contributed by atoms with E-state index in [4.69, 9.17) is 0 Å². The molecule has 21 heavy (non-hydrogen) atoms. The first-order valence-electron chi connectivity index (χ1n) is 7.13. The van der Waals surface area contributed by atoms with Crippen LogP contribution >= 0.6 is 0 Å². The van der Waals surface area contributed by atoms with Gasteiger partial charge in [0.05, 0.1) is 11.1 Å². The second-order valence-electron chi connectivity index (χ2n) is 5.29. The van der Waals surface area contributed by atoms with E-state index in [-0.39, 0.29) is 17.3 Å². The molecule has 1 amide bonds. The van der Waals surface area contributed by atoms with Crippen molar-refractivity contribution in [1.29, 1.82) is 0 Å². The van der Waals surface area contributed by atoms with Gasteiger partial charge >= 0.3 is 6.61 Å². The third kappa shape index (κ3) is 3.69. The van der Waals surface area contributed by atoms with Crippen LogP contribution in [0.3, 0.4) is 0 Å². The highest BCUT2D eigenvalue weighted by Crippen LogP contribution is 2.34. The van der Waals surface area contributed by atoms with E-state index in [1.54, 1.807) is 18.2 Å². The van der Waals surface area contributed by atoms with Crippen molar-refractivity contribution in [2.75, 3.05) is 18.4 Å². The maximum absolute atomic E-state index is 12.6. The van der Waals surface area contributed by atoms with E-state index in [0.29, 0.717) is 6.54 Å². The van der Waals surface area contributed by atoms with Crippen molar-refractivity contribution in [3.8, 4) is 5.75 Å². The molecule has 1 aliphatic heterocycles. The van der Waals surface area contributed by atoms with Crippen LogP contribution in [0.15, 0.2) is 24.3 Å². The molecular weight excluding hydrogens is 278 g/mol. The number of nitrogens with one attached hydrogen (secondary N) is 2. The summed E-state index contributed by atoms with van der Waals surface area (Å²) in [5, 5.41) is 5.95. The van der Waals surface area contributed by atoms with E-state index in [1.807, 2.05) is 6.92 Å². The average molecular weight is 298 g/mol. The van der Waals surface area contributed by atoms with E-state index < -0.39 is 12.0 Å². The van der Waals surface area contributed by atoms with E-state index in [0.717, 1.165) is 25.8 Å². The van der Waals surface area contributed by atoms with Crippen LogP contribution in [0.25, 0.3) is 0 Å². The van der Waals surface area contributed by atoms with Gasteiger partial charge in [0, 0.05) is 6.54 Å². The highest BCUT2D eigenvalue weighted by molar-refractivity contribution is 5.97. The smallest absolute Gasteiger partial charge is 0.387 e. The van der Waals surface area contributed by atoms with Crippen molar-refractivity contribution >= 4 is 11.6 Å². The number of rotatable bonds is 6. The number of halogens is 2. The second-order valence-corrected chi connectivity index (χ2v) is 5.29. The monoisotopic (exact) mass is 298 g/mol. The molecule has 0 spiro atoms. The Kier molecular flexibility index (Phi) is 5.12. The molecule has 1 atom stereocenters. The molecule has 0 aliphatic carbocycles. The molecule has 0 aromatic heterocycles. The highest BCUT2D eigenvalue weighted by Gasteiger charge is 2.40. The summed E-state index contributed by atoms with van der Waals surface area (Å²) < 4.78 is 29.2. The van der Waals surface area contributed by atoms with Crippen molar-refractivity contribution < 1.29 is 18.3 Å². The summed E-state index contributed by atoms with van der Waals surface area (Å²) in [5.74, 6) is -0.155. The fraction of sp³-hybridized carbons (Fsp3) is 0.533. The largest absolute Gasteiger partial charge is 0.433 e. The quantitative estimate of drug-likeness (QED) is 0.849. The van der Waals surface area contributed by atoms with Crippen molar-refractivity contribution in [2.45, 2.75) is 32.8 Å². The Labute approximate surface area is 122 Å². The third-order valence-corrected chi connectivity index (χ3v) is 3.81. The maximum atomic E-state index is 12.6. The molecule has 0 bridgehead atoms. The normalized spacial score (nSPS) is 21.5. The molecule has 116 valence electrons. The fourth-order valence-electron chi connectivity index (χ4n) is 2.77. The van der Waals surface area contributed by atoms with Crippen LogP contribution in [0.5, 0.6) is 5.75 Å². The zero-order chi connectivity index (χ0) is 15.3. The molecule has 6 heteroatoms. The maximum Gasteiger partial charge on any atom is 0.387 e. The molecule has 1 fully saturated rings. The van der Waals surface area contributed by atoms with Gasteiger partial charge in [0.25, 0.3) is 0 Å². The molecule has 0 saturated carbocycles. The summed E-state index contributed by atoms with van der Waals surface area (Å²) in [5.41, 5.74) is -0.183. The SMILES string of the molecule is CCCC1(C(=O)Nc2ccccc2OC(F)F)CCNC1. The number of alkyl halides is 2. The van der Waals surface area contributed by atoms with Gasteiger partial charge in [-0.05, 0) is 31.5 Å². The number of carbonyl (C=O) groups excluding carboxylic acids is 1. The first-order valence-corrected chi connectivity index (χ1v) is 7.13. The molecule has 1 heterocycles. The van der Waals surface area contributed by atoms with Crippen molar-refractivity contribution in [3.63, 3.8) is 0 Å². The van der Waals surface area contributed by atoms with Crippen molar-refractivity contribution in [2.24, 2.45) is 5.41 Å². The molecule has 1 saturated heterocycles. The first-order chi connectivity index (χ1) is 10.1. The lowest BCUT2D eigenvalue weighted by Gasteiger charge is -2.26. The summed E-state index contributed by atoms with van der Waals surface area (Å²) in [7, 11) is 0. The number of hydrogen-bond donors (Lipinski definition) is 2. The Hall–Kier alpha value is -1.69. The van der Waals surface area contributed by atoms with Gasteiger partial charge in [-0.2, -0.15) is 8.78 Å². The van der Waals surface area contributed by atoms with E-state index in [9.17, 15) is 13.6 Å². The zero-order valence-corrected chi connectivity index (χ0v) is 12.0. The number of para-hydroxylation sites is 2. The molecular formula is C15H20F2N2O2. The second kappa shape index (κ2) is 6.85. The molecule has 1 aromatic rings. The highest BCUT2D eigenvalue weighted by atomic mass is 19.3. The number of amides is 1. The molecule has 0 radical (unpaired) electrons. The molecule has 2 N–H and O–H groups in total. The van der Waals surface area contributed by atoms with Gasteiger partial charge in [0.2, 0.25) is 5.91 Å². The Morgan fingerprint density at radius 1 is 1.48 bits per heavy atom. The minimum atomic E-state index is -2.92. The lowest BCUT2D eigenvalue weighted by atomic mass is 9.81. The number of carbonyl (C=O) groups is 1. The molecule has 1 unspecified atom stereocenters. The predicted molar refractivity (Wildman–Crippen MR) is 76.5 cm³/mol. The Morgan fingerprint density at radius 3 is 2.86 bits per heavy atom. The number of benzene rings is 1. The van der Waals surface area contributed by atoms with Gasteiger partial charge < -0.3 is 15.4 Å². The van der Waals surface area contributed by atoms with E-state index >= 15 is 0 Å². The van der Waals surface area contributed by atoms with Gasteiger partial charge in [0.15, 0.2) is 0 Å². The lowest BCUT2D eigenvalue weighted by molar-refractivity contribution is -0.125. The standard InChI is InChI=1S/C15H20F2N2O2/c1-2-7-15(8-9-18-10-15)13(20)19-11-5-3-4-6-12(11)21-14(16)17/h3-6,14,18H,2,7-10H2,1H3,(H,19,20). The third-order valence-electron chi connectivity index (χ3n) is 3.81. The molecule has 4 nitrogen and oxygen atoms in total. The van der Waals surface area contributed by atoms with Crippen LogP contribution in [0, 0.1) is 5.41 Å². The average Bonchev–Trinajstić information content (AvgIpc) is 2.91. The Bertz CT molecular complexity index is 488. The summed E-state index contributed by atoms with van der Waals surface area (Å²) in [6.45, 7) is 0.523. The molecule has 1 aromatic carbocycles. The summed E-state index contributed by atoms with van der Waals surface area (Å²) >= 11 is 0. The molecule has 2 rings (SSSR count). The molecule has 1 aliphatic rings. The van der Waals surface area contributed by atoms with Crippen LogP contribution in [0.1, 0.15) is 26.2 Å². The van der Waals surface area contributed by atoms with Crippen molar-refractivity contribution in [3.05, 3.63) is 24.3 Å². The number of ether oxygens (including phenoxy) is 1. The van der Waals surface area contributed by atoms with Crippen LogP contribution in [-0.2, 0) is 4.79 Å². The topological polar surface area (TPSA) is 50.4 Å². The number of anilines is 1. The van der Waals surface area contributed by atoms with Gasteiger partial charge in [-0.15, -0.1) is 0 Å². The Balaban J connectivity index is 2.15. The van der Waals surface area contributed by atoms with Gasteiger partial charge in [-0.3, -0.25) is 4.79 Å². The summed E-state index contributed by atoms with van der Waals surface area (Å²) in [6.07, 6.45) is 2.42. The van der Waals surface area contributed by atoms with Crippen LogP contribution < -0.4 is 15.4 Å².